The first-order valence-electron chi connectivity index (χ1n) is 5.70. The maximum absolute atomic E-state index is 8.39. The van der Waals surface area contributed by atoms with E-state index in [1.54, 1.807) is 7.11 Å². The molecule has 4 atom stereocenters. The van der Waals surface area contributed by atoms with Crippen molar-refractivity contribution in [3.8, 4) is 0 Å². The van der Waals surface area contributed by atoms with Crippen LogP contribution in [0.3, 0.4) is 0 Å². The van der Waals surface area contributed by atoms with Gasteiger partial charge in [-0.25, -0.2) is 0 Å². The van der Waals surface area contributed by atoms with Crippen molar-refractivity contribution in [1.29, 1.82) is 0 Å². The van der Waals surface area contributed by atoms with Gasteiger partial charge in [0, 0.05) is 17.3 Å². The molecular formula is C10H19N3O2S2. The van der Waals surface area contributed by atoms with Crippen LogP contribution in [-0.2, 0) is 9.47 Å². The largest absolute Gasteiger partial charge is 0.355 e. The molecule has 98 valence electrons. The maximum atomic E-state index is 8.39. The molecule has 1 heterocycles. The van der Waals surface area contributed by atoms with Gasteiger partial charge in [-0.3, -0.25) is 0 Å². The second-order valence-corrected chi connectivity index (χ2v) is 6.44. The van der Waals surface area contributed by atoms with Crippen LogP contribution in [0.2, 0.25) is 0 Å². The van der Waals surface area contributed by atoms with E-state index >= 15 is 0 Å². The van der Waals surface area contributed by atoms with E-state index in [1.807, 2.05) is 23.5 Å². The first-order valence-corrected chi connectivity index (χ1v) is 7.80. The lowest BCUT2D eigenvalue weighted by atomic mass is 10.2. The molecule has 17 heavy (non-hydrogen) atoms. The predicted molar refractivity (Wildman–Crippen MR) is 73.5 cm³/mol. The monoisotopic (exact) mass is 277 g/mol. The van der Waals surface area contributed by atoms with Crippen LogP contribution >= 0.6 is 23.5 Å². The van der Waals surface area contributed by atoms with Gasteiger partial charge in [0.25, 0.3) is 0 Å². The van der Waals surface area contributed by atoms with Crippen LogP contribution in [0.4, 0.5) is 0 Å². The van der Waals surface area contributed by atoms with Gasteiger partial charge in [-0.15, -0.1) is 0 Å². The molecule has 0 aromatic heterocycles. The molecule has 0 aromatic carbocycles. The average molecular weight is 277 g/mol. The Kier molecular flexibility index (Phi) is 7.15. The molecule has 1 rings (SSSR count). The van der Waals surface area contributed by atoms with Crippen molar-refractivity contribution in [2.75, 3.05) is 25.2 Å². The summed E-state index contributed by atoms with van der Waals surface area (Å²) < 4.78 is 11.2. The highest BCUT2D eigenvalue weighted by Crippen LogP contribution is 2.38. The van der Waals surface area contributed by atoms with Crippen LogP contribution in [-0.4, -0.2) is 48.1 Å². The Labute approximate surface area is 111 Å². The van der Waals surface area contributed by atoms with Crippen LogP contribution in [0.15, 0.2) is 5.11 Å². The predicted octanol–water partition coefficient (Wildman–Crippen LogP) is 2.91. The molecule has 1 saturated heterocycles. The van der Waals surface area contributed by atoms with Gasteiger partial charge in [0.2, 0.25) is 0 Å². The van der Waals surface area contributed by atoms with Gasteiger partial charge in [0.05, 0.1) is 17.9 Å². The lowest BCUT2D eigenvalue weighted by molar-refractivity contribution is -0.109. The maximum Gasteiger partial charge on any atom is 0.170 e. The van der Waals surface area contributed by atoms with Crippen molar-refractivity contribution in [1.82, 2.24) is 0 Å². The van der Waals surface area contributed by atoms with Crippen LogP contribution in [0.1, 0.15) is 13.8 Å². The third kappa shape index (κ3) is 3.96. The van der Waals surface area contributed by atoms with E-state index in [1.165, 1.54) is 0 Å². The molecule has 0 saturated carbocycles. The summed E-state index contributed by atoms with van der Waals surface area (Å²) in [6, 6.07) is 0. The van der Waals surface area contributed by atoms with Crippen molar-refractivity contribution < 1.29 is 9.47 Å². The molecule has 0 unspecified atom stereocenters. The smallest absolute Gasteiger partial charge is 0.170 e. The molecule has 1 aliphatic heterocycles. The molecule has 0 radical (unpaired) electrons. The number of methoxy groups -OCH3 is 1. The molecule has 1 aliphatic rings. The summed E-state index contributed by atoms with van der Waals surface area (Å²) in [4.78, 5) is 2.80. The summed E-state index contributed by atoms with van der Waals surface area (Å²) in [6.07, 6.45) is -0.229. The van der Waals surface area contributed by atoms with E-state index in [4.69, 9.17) is 15.0 Å². The summed E-state index contributed by atoms with van der Waals surface area (Å²) in [5.74, 6) is 2.06. The SMILES string of the molecule is CCS[C@H]1[C@H](OC)O[C@H](CN=[N+]=[N-])[C@H]1SCC. The third-order valence-electron chi connectivity index (χ3n) is 2.54. The van der Waals surface area contributed by atoms with Crippen molar-refractivity contribution in [2.24, 2.45) is 5.11 Å². The number of ether oxygens (including phenoxy) is 2. The van der Waals surface area contributed by atoms with Gasteiger partial charge in [-0.2, -0.15) is 23.5 Å². The zero-order chi connectivity index (χ0) is 12.7. The Balaban J connectivity index is 2.73. The number of hydrogen-bond acceptors (Lipinski definition) is 5. The topological polar surface area (TPSA) is 67.2 Å². The summed E-state index contributed by atoms with van der Waals surface area (Å²) >= 11 is 3.71. The van der Waals surface area contributed by atoms with Crippen LogP contribution in [0.5, 0.6) is 0 Å². The van der Waals surface area contributed by atoms with Gasteiger partial charge in [-0.1, -0.05) is 19.0 Å². The summed E-state index contributed by atoms with van der Waals surface area (Å²) in [7, 11) is 1.66. The molecule has 7 heteroatoms. The molecule has 0 bridgehead atoms. The van der Waals surface area contributed by atoms with Crippen molar-refractivity contribution >= 4 is 23.5 Å². The molecule has 5 nitrogen and oxygen atoms in total. The normalized spacial score (nSPS) is 32.4. The first-order chi connectivity index (χ1) is 8.28. The molecular weight excluding hydrogens is 258 g/mol. The highest BCUT2D eigenvalue weighted by atomic mass is 32.2. The molecule has 0 spiro atoms. The number of azide groups is 1. The highest BCUT2D eigenvalue weighted by Gasteiger charge is 2.44. The number of rotatable bonds is 7. The minimum absolute atomic E-state index is 0.0372. The average Bonchev–Trinajstić information content (AvgIpc) is 2.66. The van der Waals surface area contributed by atoms with Crippen molar-refractivity contribution in [3.05, 3.63) is 10.4 Å². The van der Waals surface area contributed by atoms with Crippen LogP contribution in [0, 0.1) is 0 Å². The van der Waals surface area contributed by atoms with Crippen LogP contribution in [0.25, 0.3) is 10.4 Å². The minimum atomic E-state index is -0.192. The van der Waals surface area contributed by atoms with Gasteiger partial charge in [0.15, 0.2) is 6.29 Å². The van der Waals surface area contributed by atoms with E-state index in [0.29, 0.717) is 17.0 Å². The first kappa shape index (κ1) is 15.0. The quantitative estimate of drug-likeness (QED) is 0.407. The fourth-order valence-electron chi connectivity index (χ4n) is 1.91. The highest BCUT2D eigenvalue weighted by molar-refractivity contribution is 8.03. The molecule has 0 amide bonds. The number of thioether (sulfide) groups is 2. The Morgan fingerprint density at radius 3 is 2.47 bits per heavy atom. The van der Waals surface area contributed by atoms with Gasteiger partial charge in [-0.05, 0) is 17.0 Å². The number of nitrogens with zero attached hydrogens (tertiary/aromatic N) is 3. The van der Waals surface area contributed by atoms with E-state index in [9.17, 15) is 0 Å². The molecule has 1 fully saturated rings. The second-order valence-electron chi connectivity index (χ2n) is 3.53. The Morgan fingerprint density at radius 2 is 1.94 bits per heavy atom. The fourth-order valence-corrected chi connectivity index (χ4v) is 4.53. The summed E-state index contributed by atoms with van der Waals surface area (Å²) in [5, 5.41) is 4.27. The van der Waals surface area contributed by atoms with Crippen molar-refractivity contribution in [3.63, 3.8) is 0 Å². The fraction of sp³-hybridized carbons (Fsp3) is 1.00. The third-order valence-corrected chi connectivity index (χ3v) is 5.26. The Hall–Kier alpha value is -0.0700. The summed E-state index contributed by atoms with van der Waals surface area (Å²) in [5.41, 5.74) is 8.39. The zero-order valence-electron chi connectivity index (χ0n) is 10.4. The molecule has 0 N–H and O–H groups in total. The molecule has 0 aromatic rings. The van der Waals surface area contributed by atoms with E-state index in [-0.39, 0.29) is 12.4 Å². The standard InChI is InChI=1S/C10H19N3O2S2/c1-4-16-8-7(6-12-13-11)15-10(14-3)9(8)17-5-2/h7-10H,4-6H2,1-3H3/t7-,8-,9-,10-/m1/s1. The Bertz CT molecular complexity index is 274. The Morgan fingerprint density at radius 1 is 1.29 bits per heavy atom. The van der Waals surface area contributed by atoms with Gasteiger partial charge < -0.3 is 9.47 Å². The van der Waals surface area contributed by atoms with Crippen molar-refractivity contribution in [2.45, 2.75) is 36.7 Å². The minimum Gasteiger partial charge on any atom is -0.355 e. The van der Waals surface area contributed by atoms with Gasteiger partial charge >= 0.3 is 0 Å². The van der Waals surface area contributed by atoms with E-state index in [2.05, 4.69) is 23.9 Å². The molecule has 0 aliphatic carbocycles. The van der Waals surface area contributed by atoms with E-state index < -0.39 is 0 Å². The second kappa shape index (κ2) is 8.11. The lowest BCUT2D eigenvalue weighted by Crippen LogP contribution is -2.30. The lowest BCUT2D eigenvalue weighted by Gasteiger charge is -2.21. The zero-order valence-corrected chi connectivity index (χ0v) is 12.0. The number of hydrogen-bond donors (Lipinski definition) is 0. The van der Waals surface area contributed by atoms with E-state index in [0.717, 1.165) is 11.5 Å². The summed E-state index contributed by atoms with van der Waals surface area (Å²) in [6.45, 7) is 4.64. The van der Waals surface area contributed by atoms with Gasteiger partial charge in [0.1, 0.15) is 0 Å². The van der Waals surface area contributed by atoms with Crippen LogP contribution < -0.4 is 0 Å².